The molecule has 0 aliphatic heterocycles. The van der Waals surface area contributed by atoms with E-state index in [1.807, 2.05) is 18.2 Å². The minimum Gasteiger partial charge on any atom is -0.469 e. The molecule has 1 aromatic carbocycles. The molecule has 2 rings (SSSR count). The van der Waals surface area contributed by atoms with Gasteiger partial charge in [-0.2, -0.15) is 0 Å². The first kappa shape index (κ1) is 15.7. The predicted octanol–water partition coefficient (Wildman–Crippen LogP) is 3.49. The summed E-state index contributed by atoms with van der Waals surface area (Å²) < 4.78 is 4.77. The molecule has 0 saturated carbocycles. The summed E-state index contributed by atoms with van der Waals surface area (Å²) in [6.45, 7) is 4.93. The lowest BCUT2D eigenvalue weighted by Crippen LogP contribution is -2.23. The van der Waals surface area contributed by atoms with E-state index in [4.69, 9.17) is 4.74 Å². The number of hydrogen-bond donors (Lipinski definition) is 0. The lowest BCUT2D eigenvalue weighted by atomic mass is 10.0. The third-order valence-corrected chi connectivity index (χ3v) is 4.34. The first-order chi connectivity index (χ1) is 10.2. The van der Waals surface area contributed by atoms with Crippen LogP contribution in [0.3, 0.4) is 0 Å². The Hall–Kier alpha value is -1.65. The number of carbonyl (C=O) groups is 1. The summed E-state index contributed by atoms with van der Waals surface area (Å²) in [6, 6.07) is 12.3. The molecule has 0 amide bonds. The SMILES string of the molecule is CCN(Cc1cccs1)Cc1ccccc1CC(=O)OC. The average molecular weight is 303 g/mol. The van der Waals surface area contributed by atoms with Crippen molar-refractivity contribution < 1.29 is 9.53 Å². The third-order valence-electron chi connectivity index (χ3n) is 3.48. The van der Waals surface area contributed by atoms with Crippen molar-refractivity contribution in [3.63, 3.8) is 0 Å². The minimum absolute atomic E-state index is 0.191. The Morgan fingerprint density at radius 1 is 1.14 bits per heavy atom. The van der Waals surface area contributed by atoms with Gasteiger partial charge in [0.2, 0.25) is 0 Å². The highest BCUT2D eigenvalue weighted by Crippen LogP contribution is 2.17. The van der Waals surface area contributed by atoms with Crippen LogP contribution in [0.4, 0.5) is 0 Å². The van der Waals surface area contributed by atoms with Crippen LogP contribution in [0.1, 0.15) is 22.9 Å². The number of methoxy groups -OCH3 is 1. The lowest BCUT2D eigenvalue weighted by Gasteiger charge is -2.21. The maximum Gasteiger partial charge on any atom is 0.309 e. The summed E-state index contributed by atoms with van der Waals surface area (Å²) in [5.74, 6) is -0.191. The van der Waals surface area contributed by atoms with Gasteiger partial charge in [-0.3, -0.25) is 9.69 Å². The molecule has 112 valence electrons. The molecule has 0 aliphatic rings. The van der Waals surface area contributed by atoms with Crippen LogP contribution < -0.4 is 0 Å². The Balaban J connectivity index is 2.08. The molecule has 0 unspecified atom stereocenters. The summed E-state index contributed by atoms with van der Waals surface area (Å²) in [4.78, 5) is 15.3. The van der Waals surface area contributed by atoms with Crippen LogP contribution in [-0.2, 0) is 29.0 Å². The maximum atomic E-state index is 11.5. The molecule has 4 heteroatoms. The third kappa shape index (κ3) is 4.69. The van der Waals surface area contributed by atoms with Gasteiger partial charge in [0.25, 0.3) is 0 Å². The van der Waals surface area contributed by atoms with E-state index in [-0.39, 0.29) is 5.97 Å². The molecule has 0 saturated heterocycles. The summed E-state index contributed by atoms with van der Waals surface area (Å²) >= 11 is 1.78. The van der Waals surface area contributed by atoms with Crippen molar-refractivity contribution in [2.45, 2.75) is 26.4 Å². The molecular weight excluding hydrogens is 282 g/mol. The maximum absolute atomic E-state index is 11.5. The molecule has 21 heavy (non-hydrogen) atoms. The second kappa shape index (κ2) is 7.96. The van der Waals surface area contributed by atoms with E-state index < -0.39 is 0 Å². The fraction of sp³-hybridized carbons (Fsp3) is 0.353. The number of rotatable bonds is 7. The molecular formula is C17H21NO2S. The zero-order valence-electron chi connectivity index (χ0n) is 12.5. The fourth-order valence-electron chi connectivity index (χ4n) is 2.26. The molecule has 3 nitrogen and oxygen atoms in total. The van der Waals surface area contributed by atoms with Crippen LogP contribution in [0.25, 0.3) is 0 Å². The first-order valence-electron chi connectivity index (χ1n) is 7.11. The molecule has 0 radical (unpaired) electrons. The van der Waals surface area contributed by atoms with Gasteiger partial charge in [-0.15, -0.1) is 11.3 Å². The van der Waals surface area contributed by atoms with Gasteiger partial charge in [-0.05, 0) is 29.1 Å². The smallest absolute Gasteiger partial charge is 0.309 e. The van der Waals surface area contributed by atoms with Gasteiger partial charge >= 0.3 is 5.97 Å². The van der Waals surface area contributed by atoms with Gasteiger partial charge in [0.05, 0.1) is 13.5 Å². The van der Waals surface area contributed by atoms with E-state index in [0.717, 1.165) is 25.2 Å². The number of thiophene rings is 1. The van der Waals surface area contributed by atoms with Crippen LogP contribution >= 0.6 is 11.3 Å². The number of hydrogen-bond acceptors (Lipinski definition) is 4. The van der Waals surface area contributed by atoms with Gasteiger partial charge < -0.3 is 4.74 Å². The average Bonchev–Trinajstić information content (AvgIpc) is 3.01. The first-order valence-corrected chi connectivity index (χ1v) is 7.99. The minimum atomic E-state index is -0.191. The van der Waals surface area contributed by atoms with E-state index in [0.29, 0.717) is 6.42 Å². The Morgan fingerprint density at radius 3 is 2.52 bits per heavy atom. The molecule has 0 aliphatic carbocycles. The summed E-state index contributed by atoms with van der Waals surface area (Å²) in [5.41, 5.74) is 2.25. The van der Waals surface area contributed by atoms with Crippen molar-refractivity contribution in [2.24, 2.45) is 0 Å². The standard InChI is InChI=1S/C17H21NO2S/c1-3-18(13-16-9-6-10-21-16)12-15-8-5-4-7-14(15)11-17(19)20-2/h4-10H,3,11-13H2,1-2H3. The van der Waals surface area contributed by atoms with Gasteiger partial charge in [0.15, 0.2) is 0 Å². The normalized spacial score (nSPS) is 10.8. The van der Waals surface area contributed by atoms with Gasteiger partial charge in [0.1, 0.15) is 0 Å². The molecule has 0 spiro atoms. The molecule has 0 bridgehead atoms. The number of nitrogens with zero attached hydrogens (tertiary/aromatic N) is 1. The molecule has 0 atom stereocenters. The van der Waals surface area contributed by atoms with E-state index in [1.54, 1.807) is 11.3 Å². The largest absolute Gasteiger partial charge is 0.469 e. The van der Waals surface area contributed by atoms with E-state index in [9.17, 15) is 4.79 Å². The van der Waals surface area contributed by atoms with Gasteiger partial charge in [-0.25, -0.2) is 0 Å². The van der Waals surface area contributed by atoms with Gasteiger partial charge in [0, 0.05) is 18.0 Å². The molecule has 0 fully saturated rings. The highest BCUT2D eigenvalue weighted by Gasteiger charge is 2.11. The van der Waals surface area contributed by atoms with Crippen LogP contribution in [0.15, 0.2) is 41.8 Å². The number of carbonyl (C=O) groups excluding carboxylic acids is 1. The Bertz CT molecular complexity index is 566. The van der Waals surface area contributed by atoms with Crippen LogP contribution in [0.5, 0.6) is 0 Å². The van der Waals surface area contributed by atoms with Crippen molar-refractivity contribution in [3.05, 3.63) is 57.8 Å². The Labute approximate surface area is 130 Å². The van der Waals surface area contributed by atoms with Crippen LogP contribution in [-0.4, -0.2) is 24.5 Å². The second-order valence-electron chi connectivity index (χ2n) is 4.90. The summed E-state index contributed by atoms with van der Waals surface area (Å²) in [5, 5.41) is 2.11. The zero-order valence-corrected chi connectivity index (χ0v) is 13.4. The lowest BCUT2D eigenvalue weighted by molar-refractivity contribution is -0.139. The summed E-state index contributed by atoms with van der Waals surface area (Å²) in [7, 11) is 1.43. The van der Waals surface area contributed by atoms with E-state index in [2.05, 4.69) is 35.4 Å². The number of esters is 1. The molecule has 1 aromatic heterocycles. The topological polar surface area (TPSA) is 29.5 Å². The quantitative estimate of drug-likeness (QED) is 0.733. The Morgan fingerprint density at radius 2 is 1.90 bits per heavy atom. The van der Waals surface area contributed by atoms with Gasteiger partial charge in [-0.1, -0.05) is 37.3 Å². The fourth-order valence-corrected chi connectivity index (χ4v) is 3.00. The molecule has 2 aromatic rings. The van der Waals surface area contributed by atoms with Crippen molar-refractivity contribution in [1.29, 1.82) is 0 Å². The van der Waals surface area contributed by atoms with E-state index in [1.165, 1.54) is 17.6 Å². The van der Waals surface area contributed by atoms with Crippen molar-refractivity contribution in [2.75, 3.05) is 13.7 Å². The summed E-state index contributed by atoms with van der Waals surface area (Å²) in [6.07, 6.45) is 0.337. The van der Waals surface area contributed by atoms with Crippen molar-refractivity contribution in [3.8, 4) is 0 Å². The molecule has 1 heterocycles. The van der Waals surface area contributed by atoms with Crippen LogP contribution in [0, 0.1) is 0 Å². The predicted molar refractivity (Wildman–Crippen MR) is 86.3 cm³/mol. The number of benzene rings is 1. The zero-order chi connectivity index (χ0) is 15.1. The highest BCUT2D eigenvalue weighted by molar-refractivity contribution is 7.09. The van der Waals surface area contributed by atoms with Crippen molar-refractivity contribution in [1.82, 2.24) is 4.90 Å². The van der Waals surface area contributed by atoms with Crippen molar-refractivity contribution >= 4 is 17.3 Å². The Kier molecular flexibility index (Phi) is 5.96. The monoisotopic (exact) mass is 303 g/mol. The molecule has 0 N–H and O–H groups in total. The number of ether oxygens (including phenoxy) is 1. The highest BCUT2D eigenvalue weighted by atomic mass is 32.1. The second-order valence-corrected chi connectivity index (χ2v) is 5.94. The van der Waals surface area contributed by atoms with E-state index >= 15 is 0 Å². The van der Waals surface area contributed by atoms with Crippen LogP contribution in [0.2, 0.25) is 0 Å².